The molecule has 2 aromatic heterocycles. The zero-order valence-electron chi connectivity index (χ0n) is 20.5. The monoisotopic (exact) mass is 555 g/mol. The molecule has 2 N–H and O–H groups in total. The van der Waals surface area contributed by atoms with Gasteiger partial charge in [-0.25, -0.2) is 19.6 Å². The second kappa shape index (κ2) is 12.4. The highest BCUT2D eigenvalue weighted by Crippen LogP contribution is 2.41. The van der Waals surface area contributed by atoms with Crippen molar-refractivity contribution in [3.63, 3.8) is 0 Å². The van der Waals surface area contributed by atoms with Crippen molar-refractivity contribution in [1.82, 2.24) is 20.0 Å². The van der Waals surface area contributed by atoms with Crippen molar-refractivity contribution in [2.75, 3.05) is 31.1 Å². The van der Waals surface area contributed by atoms with Crippen LogP contribution in [0.1, 0.15) is 36.3 Å². The summed E-state index contributed by atoms with van der Waals surface area (Å²) in [6, 6.07) is 1.88. The van der Waals surface area contributed by atoms with Crippen LogP contribution in [0.3, 0.4) is 0 Å². The Morgan fingerprint density at radius 3 is 1.84 bits per heavy atom. The van der Waals surface area contributed by atoms with E-state index in [1.54, 1.807) is 0 Å². The van der Waals surface area contributed by atoms with Gasteiger partial charge in [-0.3, -0.25) is 4.90 Å². The molecule has 38 heavy (non-hydrogen) atoms. The quantitative estimate of drug-likeness (QED) is 0.539. The molecule has 0 unspecified atom stereocenters. The maximum absolute atomic E-state index is 10.6. The number of hydrogen-bond acceptors (Lipinski definition) is 8. The maximum Gasteiger partial charge on any atom is 0.490 e. The van der Waals surface area contributed by atoms with E-state index < -0.39 is 24.3 Å². The number of carbonyl (C=O) groups is 2. The lowest BCUT2D eigenvalue weighted by atomic mass is 9.77. The van der Waals surface area contributed by atoms with Crippen LogP contribution < -0.4 is 4.90 Å². The molecule has 10 nitrogen and oxygen atoms in total. The van der Waals surface area contributed by atoms with Gasteiger partial charge in [0.05, 0.1) is 5.69 Å². The van der Waals surface area contributed by atoms with E-state index in [-0.39, 0.29) is 0 Å². The van der Waals surface area contributed by atoms with Crippen molar-refractivity contribution in [3.05, 3.63) is 35.5 Å². The van der Waals surface area contributed by atoms with Gasteiger partial charge in [-0.2, -0.15) is 26.3 Å². The number of carboxylic acids is 2. The van der Waals surface area contributed by atoms with E-state index in [1.165, 1.54) is 24.8 Å². The van der Waals surface area contributed by atoms with E-state index in [0.29, 0.717) is 5.41 Å². The molecule has 212 valence electrons. The van der Waals surface area contributed by atoms with Crippen molar-refractivity contribution >= 4 is 17.9 Å². The zero-order chi connectivity index (χ0) is 28.7. The predicted molar refractivity (Wildman–Crippen MR) is 119 cm³/mol. The Hall–Kier alpha value is -3.43. The van der Waals surface area contributed by atoms with Gasteiger partial charge in [0.15, 0.2) is 0 Å². The molecule has 0 radical (unpaired) electrons. The molecule has 1 spiro atoms. The van der Waals surface area contributed by atoms with Crippen molar-refractivity contribution < 1.29 is 50.7 Å². The molecule has 0 saturated carbocycles. The first-order valence-electron chi connectivity index (χ1n) is 11.3. The molecular weight excluding hydrogens is 528 g/mol. The summed E-state index contributed by atoms with van der Waals surface area (Å²) < 4.78 is 68.8. The fraction of sp³-hybridized carbons (Fsp3) is 0.591. The first-order valence-corrected chi connectivity index (χ1v) is 11.3. The Kier molecular flexibility index (Phi) is 10.1. The number of hydrogen-bond donors (Lipinski definition) is 2. The highest BCUT2D eigenvalue weighted by Gasteiger charge is 2.41. The Morgan fingerprint density at radius 2 is 1.42 bits per heavy atom. The summed E-state index contributed by atoms with van der Waals surface area (Å²) in [5.41, 5.74) is 2.73. The van der Waals surface area contributed by atoms with Crippen molar-refractivity contribution in [1.29, 1.82) is 0 Å². The number of alkyl halides is 6. The highest BCUT2D eigenvalue weighted by molar-refractivity contribution is 5.73. The van der Waals surface area contributed by atoms with E-state index in [4.69, 9.17) is 24.3 Å². The Balaban J connectivity index is 0.000000301. The van der Waals surface area contributed by atoms with Gasteiger partial charge in [0.25, 0.3) is 0 Å². The number of carboxylic acid groups (broad SMARTS) is 2. The number of halogens is 6. The van der Waals surface area contributed by atoms with Gasteiger partial charge in [0, 0.05) is 37.6 Å². The van der Waals surface area contributed by atoms with Crippen LogP contribution in [0.25, 0.3) is 0 Å². The molecule has 0 aliphatic carbocycles. The summed E-state index contributed by atoms with van der Waals surface area (Å²) in [4.78, 5) is 31.5. The molecular formula is C22H27F6N5O5. The lowest BCUT2D eigenvalue weighted by molar-refractivity contribution is -0.193. The summed E-state index contributed by atoms with van der Waals surface area (Å²) >= 11 is 0. The van der Waals surface area contributed by atoms with E-state index in [9.17, 15) is 26.3 Å². The molecule has 2 aromatic rings. The van der Waals surface area contributed by atoms with Crippen molar-refractivity contribution in [2.45, 2.75) is 52.0 Å². The number of aromatic nitrogens is 3. The molecule has 2 fully saturated rings. The van der Waals surface area contributed by atoms with Gasteiger partial charge in [-0.05, 0) is 57.7 Å². The van der Waals surface area contributed by atoms with Crippen LogP contribution in [0.15, 0.2) is 23.0 Å². The van der Waals surface area contributed by atoms with Gasteiger partial charge in [0.1, 0.15) is 5.76 Å². The molecule has 2 aliphatic heterocycles. The summed E-state index contributed by atoms with van der Waals surface area (Å²) in [7, 11) is 0. The molecule has 16 heteroatoms. The van der Waals surface area contributed by atoms with Gasteiger partial charge in [-0.15, -0.1) is 0 Å². The average molecular weight is 555 g/mol. The number of rotatable bonds is 3. The minimum atomic E-state index is -5.08. The maximum atomic E-state index is 10.6. The van der Waals surface area contributed by atoms with E-state index in [0.717, 1.165) is 50.1 Å². The van der Waals surface area contributed by atoms with Crippen LogP contribution in [0.4, 0.5) is 32.3 Å². The van der Waals surface area contributed by atoms with Gasteiger partial charge in [0.2, 0.25) is 5.95 Å². The predicted octanol–water partition coefficient (Wildman–Crippen LogP) is 3.84. The minimum Gasteiger partial charge on any atom is -0.475 e. The second-order valence-electron chi connectivity index (χ2n) is 8.91. The Bertz CT molecular complexity index is 1030. The smallest absolute Gasteiger partial charge is 0.475 e. The van der Waals surface area contributed by atoms with Crippen LogP contribution in [-0.4, -0.2) is 80.7 Å². The SMILES string of the molecule is Cc1noc(C)c1CN1CCC2(CC1)CCN(c1ncccn1)C2.O=C(O)C(F)(F)F.O=C(O)C(F)(F)F. The number of aliphatic carboxylic acids is 2. The van der Waals surface area contributed by atoms with E-state index in [1.807, 2.05) is 32.3 Å². The fourth-order valence-electron chi connectivity index (χ4n) is 4.11. The van der Waals surface area contributed by atoms with Gasteiger partial charge >= 0.3 is 24.3 Å². The third-order valence-corrected chi connectivity index (χ3v) is 6.24. The Labute approximate surface area is 213 Å². The number of anilines is 1. The summed E-state index contributed by atoms with van der Waals surface area (Å²) in [6.45, 7) is 9.47. The van der Waals surface area contributed by atoms with Crippen LogP contribution in [0.2, 0.25) is 0 Å². The number of likely N-dealkylation sites (tertiary alicyclic amines) is 1. The first kappa shape index (κ1) is 30.8. The molecule has 0 atom stereocenters. The van der Waals surface area contributed by atoms with E-state index >= 15 is 0 Å². The molecule has 4 rings (SSSR count). The largest absolute Gasteiger partial charge is 0.490 e. The van der Waals surface area contributed by atoms with Gasteiger partial charge in [-0.1, -0.05) is 5.16 Å². The topological polar surface area (TPSA) is 133 Å². The summed E-state index contributed by atoms with van der Waals surface area (Å²) in [5, 5.41) is 18.3. The zero-order valence-corrected chi connectivity index (χ0v) is 20.5. The minimum absolute atomic E-state index is 0.439. The van der Waals surface area contributed by atoms with Gasteiger partial charge < -0.3 is 19.6 Å². The lowest BCUT2D eigenvalue weighted by Gasteiger charge is -2.39. The molecule has 0 aromatic carbocycles. The molecule has 0 amide bonds. The average Bonchev–Trinajstić information content (AvgIpc) is 3.39. The molecule has 4 heterocycles. The summed E-state index contributed by atoms with van der Waals surface area (Å²) in [6.07, 6.45) is -2.75. The number of aryl methyl sites for hydroxylation is 2. The second-order valence-corrected chi connectivity index (χ2v) is 8.91. The molecule has 2 saturated heterocycles. The molecule has 0 bridgehead atoms. The van der Waals surface area contributed by atoms with Crippen molar-refractivity contribution in [2.24, 2.45) is 5.41 Å². The summed E-state index contributed by atoms with van der Waals surface area (Å²) in [5.74, 6) is -3.67. The lowest BCUT2D eigenvalue weighted by Crippen LogP contribution is -2.41. The van der Waals surface area contributed by atoms with Crippen LogP contribution in [-0.2, 0) is 16.1 Å². The van der Waals surface area contributed by atoms with E-state index in [2.05, 4.69) is 24.9 Å². The number of piperidine rings is 1. The van der Waals surface area contributed by atoms with Crippen LogP contribution in [0, 0.1) is 19.3 Å². The Morgan fingerprint density at radius 1 is 0.947 bits per heavy atom. The highest BCUT2D eigenvalue weighted by atomic mass is 19.4. The van der Waals surface area contributed by atoms with Crippen molar-refractivity contribution in [3.8, 4) is 0 Å². The fourth-order valence-corrected chi connectivity index (χ4v) is 4.11. The third-order valence-electron chi connectivity index (χ3n) is 6.24. The van der Waals surface area contributed by atoms with Crippen LogP contribution >= 0.6 is 0 Å². The van der Waals surface area contributed by atoms with Crippen LogP contribution in [0.5, 0.6) is 0 Å². The first-order chi connectivity index (χ1) is 17.5. The molecule has 2 aliphatic rings. The standard InChI is InChI=1S/C18H25N5O.2C2HF3O2/c1-14-16(15(2)24-21-14)12-22-9-4-18(5-10-22)6-11-23(13-18)17-19-7-3-8-20-17;2*3-2(4,5)1(6)7/h3,7-8H,4-6,9-13H2,1-2H3;2*(H,6,7). The normalized spacial score (nSPS) is 17.3. The third kappa shape index (κ3) is 8.85. The number of nitrogens with zero attached hydrogens (tertiary/aromatic N) is 5.